The number of fused-ring (bicyclic) bond motifs is 1. The zero-order chi connectivity index (χ0) is 24.9. The minimum absolute atomic E-state index is 0.227. The summed E-state index contributed by atoms with van der Waals surface area (Å²) in [5, 5.41) is 5.03. The van der Waals surface area contributed by atoms with Gasteiger partial charge in [-0.1, -0.05) is 35.0 Å². The van der Waals surface area contributed by atoms with Gasteiger partial charge in [0.25, 0.3) is 5.56 Å². The number of hydrogen-bond acceptors (Lipinski definition) is 5. The molecule has 0 atom stereocenters. The molecule has 4 aromatic rings. The molecule has 1 heterocycles. The maximum atomic E-state index is 13.3. The zero-order valence-electron chi connectivity index (χ0n) is 19.8. The summed E-state index contributed by atoms with van der Waals surface area (Å²) in [7, 11) is 3.89. The van der Waals surface area contributed by atoms with Crippen molar-refractivity contribution in [1.82, 2.24) is 9.66 Å². The number of aromatic nitrogens is 2. The molecule has 6 nitrogen and oxygen atoms in total. The van der Waals surface area contributed by atoms with Crippen LogP contribution in [0.4, 0.5) is 10.1 Å². The average Bonchev–Trinajstić information content (AvgIpc) is 2.84. The van der Waals surface area contributed by atoms with E-state index in [9.17, 15) is 9.18 Å². The van der Waals surface area contributed by atoms with Gasteiger partial charge in [-0.15, -0.1) is 0 Å². The van der Waals surface area contributed by atoms with Crippen molar-refractivity contribution >= 4 is 38.7 Å². The van der Waals surface area contributed by atoms with Crippen LogP contribution in [-0.2, 0) is 13.0 Å². The lowest BCUT2D eigenvalue weighted by Gasteiger charge is -2.16. The van der Waals surface area contributed by atoms with Crippen molar-refractivity contribution in [3.63, 3.8) is 0 Å². The molecular formula is C27H26BrFN4O2. The highest BCUT2D eigenvalue weighted by Gasteiger charge is 2.12. The molecule has 0 radical (unpaired) electrons. The Balaban J connectivity index is 1.73. The second-order valence-electron chi connectivity index (χ2n) is 8.33. The number of aryl methyl sites for hydroxylation is 1. The molecule has 35 heavy (non-hydrogen) atoms. The molecule has 0 unspecified atom stereocenters. The first-order valence-electron chi connectivity index (χ1n) is 11.3. The van der Waals surface area contributed by atoms with Gasteiger partial charge in [-0.2, -0.15) is 9.78 Å². The molecule has 3 aromatic carbocycles. The molecule has 4 rings (SSSR count). The fourth-order valence-corrected chi connectivity index (χ4v) is 3.95. The monoisotopic (exact) mass is 536 g/mol. The van der Waals surface area contributed by atoms with Gasteiger partial charge in [-0.25, -0.2) is 9.37 Å². The summed E-state index contributed by atoms with van der Waals surface area (Å²) in [4.78, 5) is 19.9. The minimum Gasteiger partial charge on any atom is -0.488 e. The molecule has 0 amide bonds. The molecule has 0 N–H and O–H groups in total. The van der Waals surface area contributed by atoms with E-state index in [-0.39, 0.29) is 18.0 Å². The standard InChI is InChI=1S/C27H26BrFN4O2/c1-4-5-26-31-24-13-9-20(28)14-23(24)27(34)33(26)30-16-19-8-12-22(32(2)3)15-25(19)35-17-18-6-10-21(29)11-7-18/h6-16H,4-5,17H2,1-3H3. The molecule has 8 heteroatoms. The third-order valence-electron chi connectivity index (χ3n) is 5.48. The average molecular weight is 537 g/mol. The van der Waals surface area contributed by atoms with Crippen molar-refractivity contribution in [2.75, 3.05) is 19.0 Å². The highest BCUT2D eigenvalue weighted by molar-refractivity contribution is 9.10. The van der Waals surface area contributed by atoms with Gasteiger partial charge in [-0.05, 0) is 54.4 Å². The molecule has 0 aliphatic heterocycles. The van der Waals surface area contributed by atoms with E-state index in [1.54, 1.807) is 24.4 Å². The van der Waals surface area contributed by atoms with Crippen LogP contribution in [0.25, 0.3) is 10.9 Å². The van der Waals surface area contributed by atoms with Gasteiger partial charge < -0.3 is 9.64 Å². The fraction of sp³-hybridized carbons (Fsp3) is 0.222. The van der Waals surface area contributed by atoms with E-state index in [1.807, 2.05) is 56.3 Å². The molecule has 1 aromatic heterocycles. The van der Waals surface area contributed by atoms with Crippen LogP contribution < -0.4 is 15.2 Å². The first-order chi connectivity index (χ1) is 16.9. The van der Waals surface area contributed by atoms with Crippen LogP contribution in [0.15, 0.2) is 75.0 Å². The minimum atomic E-state index is -0.291. The van der Waals surface area contributed by atoms with Crippen LogP contribution in [0.1, 0.15) is 30.3 Å². The van der Waals surface area contributed by atoms with Gasteiger partial charge in [0.15, 0.2) is 0 Å². The van der Waals surface area contributed by atoms with Crippen molar-refractivity contribution in [2.24, 2.45) is 5.10 Å². The van der Waals surface area contributed by atoms with Gasteiger partial charge in [-0.3, -0.25) is 4.79 Å². The number of benzene rings is 3. The number of hydrogen-bond donors (Lipinski definition) is 0. The fourth-order valence-electron chi connectivity index (χ4n) is 3.59. The van der Waals surface area contributed by atoms with E-state index in [4.69, 9.17) is 4.74 Å². The Morgan fingerprint density at radius 3 is 2.60 bits per heavy atom. The van der Waals surface area contributed by atoms with Crippen LogP contribution in [-0.4, -0.2) is 30.0 Å². The van der Waals surface area contributed by atoms with E-state index < -0.39 is 0 Å². The van der Waals surface area contributed by atoms with E-state index in [0.29, 0.717) is 34.5 Å². The predicted octanol–water partition coefficient (Wildman–Crippen LogP) is 5.78. The number of halogens is 2. The lowest BCUT2D eigenvalue weighted by molar-refractivity contribution is 0.305. The topological polar surface area (TPSA) is 59.7 Å². The van der Waals surface area contributed by atoms with E-state index in [2.05, 4.69) is 26.0 Å². The summed E-state index contributed by atoms with van der Waals surface area (Å²) in [5.41, 5.74) is 2.93. The SMILES string of the molecule is CCCc1nc2ccc(Br)cc2c(=O)n1N=Cc1ccc(N(C)C)cc1OCc1ccc(F)cc1. The maximum absolute atomic E-state index is 13.3. The Morgan fingerprint density at radius 2 is 1.89 bits per heavy atom. The molecular weight excluding hydrogens is 511 g/mol. The second kappa shape index (κ2) is 10.8. The molecule has 0 fully saturated rings. The molecule has 180 valence electrons. The quantitative estimate of drug-likeness (QED) is 0.268. The zero-order valence-corrected chi connectivity index (χ0v) is 21.4. The van der Waals surface area contributed by atoms with E-state index in [0.717, 1.165) is 22.1 Å². The summed E-state index contributed by atoms with van der Waals surface area (Å²) >= 11 is 3.43. The summed E-state index contributed by atoms with van der Waals surface area (Å²) in [6.07, 6.45) is 3.06. The third kappa shape index (κ3) is 5.77. The molecule has 0 saturated heterocycles. The molecule has 0 spiro atoms. The van der Waals surface area contributed by atoms with Crippen LogP contribution in [0.3, 0.4) is 0 Å². The number of rotatable bonds is 8. The van der Waals surface area contributed by atoms with Crippen LogP contribution >= 0.6 is 15.9 Å². The van der Waals surface area contributed by atoms with Crippen molar-refractivity contribution in [1.29, 1.82) is 0 Å². The molecule has 0 aliphatic rings. The lowest BCUT2D eigenvalue weighted by atomic mass is 10.2. The molecule has 0 bridgehead atoms. The van der Waals surface area contributed by atoms with Crippen LogP contribution in [0.5, 0.6) is 5.75 Å². The van der Waals surface area contributed by atoms with Crippen molar-refractivity contribution in [3.8, 4) is 5.75 Å². The van der Waals surface area contributed by atoms with Crippen LogP contribution in [0.2, 0.25) is 0 Å². The van der Waals surface area contributed by atoms with Crippen molar-refractivity contribution in [3.05, 3.63) is 98.3 Å². The van der Waals surface area contributed by atoms with Crippen molar-refractivity contribution in [2.45, 2.75) is 26.4 Å². The molecule has 0 aliphatic carbocycles. The number of anilines is 1. The maximum Gasteiger partial charge on any atom is 0.282 e. The second-order valence-corrected chi connectivity index (χ2v) is 9.25. The first-order valence-corrected chi connectivity index (χ1v) is 12.1. The van der Waals surface area contributed by atoms with Gasteiger partial charge in [0.05, 0.1) is 17.1 Å². The predicted molar refractivity (Wildman–Crippen MR) is 142 cm³/mol. The van der Waals surface area contributed by atoms with Gasteiger partial charge >= 0.3 is 0 Å². The summed E-state index contributed by atoms with van der Waals surface area (Å²) < 4.78 is 21.5. The Hall–Kier alpha value is -3.52. The highest BCUT2D eigenvalue weighted by atomic mass is 79.9. The smallest absolute Gasteiger partial charge is 0.282 e. The van der Waals surface area contributed by atoms with Gasteiger partial charge in [0, 0.05) is 42.3 Å². The number of nitrogens with zero attached hydrogens (tertiary/aromatic N) is 4. The Morgan fingerprint density at radius 1 is 1.11 bits per heavy atom. The Kier molecular flexibility index (Phi) is 7.60. The Labute approximate surface area is 211 Å². The van der Waals surface area contributed by atoms with E-state index in [1.165, 1.54) is 16.8 Å². The van der Waals surface area contributed by atoms with Gasteiger partial charge in [0.1, 0.15) is 24.0 Å². The lowest BCUT2D eigenvalue weighted by Crippen LogP contribution is -2.22. The van der Waals surface area contributed by atoms with Crippen molar-refractivity contribution < 1.29 is 9.13 Å². The van der Waals surface area contributed by atoms with E-state index >= 15 is 0 Å². The Bertz CT molecular complexity index is 1430. The summed E-state index contributed by atoms with van der Waals surface area (Å²) in [6.45, 7) is 2.30. The van der Waals surface area contributed by atoms with Crippen LogP contribution in [0, 0.1) is 5.82 Å². The normalized spacial score (nSPS) is 11.3. The number of ether oxygens (including phenoxy) is 1. The highest BCUT2D eigenvalue weighted by Crippen LogP contribution is 2.25. The van der Waals surface area contributed by atoms with Gasteiger partial charge in [0.2, 0.25) is 0 Å². The summed E-state index contributed by atoms with van der Waals surface area (Å²) in [6, 6.07) is 17.4. The molecule has 0 saturated carbocycles. The third-order valence-corrected chi connectivity index (χ3v) is 5.98. The largest absolute Gasteiger partial charge is 0.488 e. The summed E-state index contributed by atoms with van der Waals surface area (Å²) in [5.74, 6) is 0.911. The first kappa shape index (κ1) is 24.6.